The summed E-state index contributed by atoms with van der Waals surface area (Å²) in [4.78, 5) is 13.8. The Hall–Kier alpha value is -4.13. The molecule has 0 spiro atoms. The lowest BCUT2D eigenvalue weighted by Crippen LogP contribution is -2.26. The number of carbonyl (C=O) groups excluding carboxylic acids is 1. The number of ether oxygens (including phenoxy) is 1. The summed E-state index contributed by atoms with van der Waals surface area (Å²) in [5, 5.41) is 11.5. The molecule has 4 aromatic carbocycles. The molecule has 5 nitrogen and oxygen atoms in total. The first kappa shape index (κ1) is 29.9. The van der Waals surface area contributed by atoms with Crippen molar-refractivity contribution in [2.45, 2.75) is 38.2 Å². The first-order chi connectivity index (χ1) is 21.4. The van der Waals surface area contributed by atoms with E-state index in [1.54, 1.807) is 18.2 Å². The number of primary amides is 1. The van der Waals surface area contributed by atoms with Gasteiger partial charge in [0, 0.05) is 35.8 Å². The molecule has 1 amide bonds. The summed E-state index contributed by atoms with van der Waals surface area (Å²) >= 11 is 6.21. The van der Waals surface area contributed by atoms with Crippen LogP contribution in [0, 0.1) is 0 Å². The van der Waals surface area contributed by atoms with E-state index in [4.69, 9.17) is 22.1 Å². The summed E-state index contributed by atoms with van der Waals surface area (Å²) in [7, 11) is 0. The van der Waals surface area contributed by atoms with E-state index in [2.05, 4.69) is 35.2 Å². The maximum atomic E-state index is 12.6. The van der Waals surface area contributed by atoms with Gasteiger partial charge in [0.2, 0.25) is 5.91 Å². The van der Waals surface area contributed by atoms with Gasteiger partial charge in [-0.05, 0) is 114 Å². The molecule has 226 valence electrons. The highest BCUT2D eigenvalue weighted by atomic mass is 35.5. The number of benzene rings is 4. The molecule has 1 fully saturated rings. The number of phenolic OH excluding ortho intramolecular Hbond substituents is 1. The second-order valence-corrected chi connectivity index (χ2v) is 12.0. The Kier molecular flexibility index (Phi) is 9.01. The van der Waals surface area contributed by atoms with Crippen molar-refractivity contribution in [2.75, 3.05) is 26.3 Å². The average molecular weight is 611 g/mol. The zero-order chi connectivity index (χ0) is 30.6. The van der Waals surface area contributed by atoms with Crippen molar-refractivity contribution >= 4 is 28.7 Å². The smallest absolute Gasteiger partial charge is 0.248 e. The van der Waals surface area contributed by atoms with Crippen molar-refractivity contribution < 1.29 is 19.0 Å². The van der Waals surface area contributed by atoms with Crippen LogP contribution in [0.15, 0.2) is 84.9 Å². The van der Waals surface area contributed by atoms with Crippen molar-refractivity contribution in [3.63, 3.8) is 0 Å². The van der Waals surface area contributed by atoms with Gasteiger partial charge in [-0.1, -0.05) is 54.1 Å². The minimum Gasteiger partial charge on any atom is -0.507 e. The number of aromatic hydroxyl groups is 1. The van der Waals surface area contributed by atoms with E-state index < -0.39 is 5.91 Å². The van der Waals surface area contributed by atoms with E-state index >= 15 is 0 Å². The largest absolute Gasteiger partial charge is 0.507 e. The summed E-state index contributed by atoms with van der Waals surface area (Å²) < 4.78 is 18.9. The normalized spacial score (nSPS) is 16.9. The van der Waals surface area contributed by atoms with Crippen LogP contribution in [0.1, 0.15) is 58.3 Å². The number of nitrogens with two attached hydrogens (primary N) is 1. The van der Waals surface area contributed by atoms with Crippen LogP contribution in [0.3, 0.4) is 0 Å². The number of nitrogens with zero attached hydrogens (tertiary/aromatic N) is 1. The molecule has 1 aliphatic carbocycles. The Bertz CT molecular complexity index is 1680. The van der Waals surface area contributed by atoms with Gasteiger partial charge in [0.25, 0.3) is 0 Å². The number of amides is 1. The molecule has 7 heteroatoms. The van der Waals surface area contributed by atoms with Crippen LogP contribution in [0.4, 0.5) is 4.39 Å². The van der Waals surface area contributed by atoms with E-state index in [0.717, 1.165) is 90.0 Å². The zero-order valence-corrected chi connectivity index (χ0v) is 25.3. The number of aryl methyl sites for hydroxylation is 1. The minimum atomic E-state index is -0.443. The molecule has 1 heterocycles. The molecule has 0 aromatic heterocycles. The van der Waals surface area contributed by atoms with E-state index in [1.165, 1.54) is 5.56 Å². The summed E-state index contributed by atoms with van der Waals surface area (Å²) in [5.41, 5.74) is 14.3. The highest BCUT2D eigenvalue weighted by Gasteiger charge is 2.25. The third-order valence-corrected chi connectivity index (χ3v) is 8.85. The average Bonchev–Trinajstić information content (AvgIpc) is 3.39. The number of hydrogen-bond donors (Lipinski definition) is 2. The molecule has 1 atom stereocenters. The Balaban J connectivity index is 1.36. The molecule has 0 saturated carbocycles. The number of allylic oxidation sites excluding steroid dienone is 1. The van der Waals surface area contributed by atoms with E-state index in [-0.39, 0.29) is 18.5 Å². The second kappa shape index (κ2) is 13.2. The molecule has 44 heavy (non-hydrogen) atoms. The lowest BCUT2D eigenvalue weighted by molar-refractivity contribution is 0.100. The molecule has 1 saturated heterocycles. The number of hydrogen-bond acceptors (Lipinski definition) is 4. The van der Waals surface area contributed by atoms with E-state index in [0.29, 0.717) is 17.0 Å². The summed E-state index contributed by atoms with van der Waals surface area (Å²) in [5.74, 6) is 0.533. The van der Waals surface area contributed by atoms with Crippen molar-refractivity contribution in [1.82, 2.24) is 4.90 Å². The fraction of sp³-hybridized carbons (Fsp3) is 0.270. The van der Waals surface area contributed by atoms with Gasteiger partial charge >= 0.3 is 0 Å². The Morgan fingerprint density at radius 3 is 2.39 bits per heavy atom. The second-order valence-electron chi connectivity index (χ2n) is 11.6. The summed E-state index contributed by atoms with van der Waals surface area (Å²) in [6.45, 7) is 2.22. The molecule has 6 rings (SSSR count). The van der Waals surface area contributed by atoms with Crippen LogP contribution in [-0.2, 0) is 6.42 Å². The number of fused-ring (bicyclic) bond motifs is 1. The van der Waals surface area contributed by atoms with Crippen LogP contribution >= 0.6 is 11.6 Å². The molecular weight excluding hydrogens is 575 g/mol. The maximum absolute atomic E-state index is 12.6. The number of likely N-dealkylation sites (tertiary alicyclic amines) is 1. The fourth-order valence-corrected chi connectivity index (χ4v) is 6.59. The number of rotatable bonds is 9. The van der Waals surface area contributed by atoms with Gasteiger partial charge < -0.3 is 15.6 Å². The molecule has 2 aliphatic rings. The van der Waals surface area contributed by atoms with E-state index in [9.17, 15) is 14.3 Å². The van der Waals surface area contributed by atoms with E-state index in [1.807, 2.05) is 36.4 Å². The lowest BCUT2D eigenvalue weighted by Gasteiger charge is -2.19. The molecule has 1 aliphatic heterocycles. The Labute approximate surface area is 262 Å². The number of halogens is 2. The number of phenols is 1. The quantitative estimate of drug-likeness (QED) is 0.202. The summed E-state index contributed by atoms with van der Waals surface area (Å²) in [6, 6.07) is 27.4. The first-order valence-electron chi connectivity index (χ1n) is 15.2. The van der Waals surface area contributed by atoms with Gasteiger partial charge in [-0.2, -0.15) is 0 Å². The highest BCUT2D eigenvalue weighted by Crippen LogP contribution is 2.44. The standard InChI is InChI=1S/C37H36ClFN2O3/c38-29-12-16-33(35(42)22-29)34-4-1-3-28-21-27(24-5-7-26(8-6-24)37(40)43)11-15-32(28)36(34)25-9-13-30(14-10-25)44-31-17-20-41(23-31)19-2-18-39/h5-16,21-22,31,42H,1-4,17-20,23H2,(H2,40,43). The SMILES string of the molecule is NC(=O)c1ccc(-c2ccc3c(c2)CCCC(c2ccc(Cl)cc2O)=C3c2ccc(OC3CCN(CCCF)C3)cc2)cc1. The van der Waals surface area contributed by atoms with Crippen LogP contribution in [-0.4, -0.2) is 48.3 Å². The molecule has 0 radical (unpaired) electrons. The molecular formula is C37H36ClFN2O3. The van der Waals surface area contributed by atoms with Crippen molar-refractivity contribution in [3.05, 3.63) is 118 Å². The highest BCUT2D eigenvalue weighted by molar-refractivity contribution is 6.30. The molecule has 0 bridgehead atoms. The van der Waals surface area contributed by atoms with Crippen LogP contribution in [0.2, 0.25) is 5.02 Å². The number of alkyl halides is 1. The van der Waals surface area contributed by atoms with Crippen molar-refractivity contribution in [2.24, 2.45) is 5.73 Å². The van der Waals surface area contributed by atoms with Crippen LogP contribution < -0.4 is 10.5 Å². The predicted molar refractivity (Wildman–Crippen MR) is 175 cm³/mol. The van der Waals surface area contributed by atoms with Gasteiger partial charge in [0.1, 0.15) is 17.6 Å². The Morgan fingerprint density at radius 2 is 1.66 bits per heavy atom. The lowest BCUT2D eigenvalue weighted by atomic mass is 9.86. The first-order valence-corrected chi connectivity index (χ1v) is 15.6. The van der Waals surface area contributed by atoms with Gasteiger partial charge in [-0.25, -0.2) is 0 Å². The molecule has 1 unspecified atom stereocenters. The van der Waals surface area contributed by atoms with Gasteiger partial charge in [-0.3, -0.25) is 14.1 Å². The van der Waals surface area contributed by atoms with Gasteiger partial charge in [0.15, 0.2) is 0 Å². The maximum Gasteiger partial charge on any atom is 0.248 e. The minimum absolute atomic E-state index is 0.0929. The summed E-state index contributed by atoms with van der Waals surface area (Å²) in [6.07, 6.45) is 4.17. The Morgan fingerprint density at radius 1 is 0.932 bits per heavy atom. The van der Waals surface area contributed by atoms with Gasteiger partial charge in [0.05, 0.1) is 6.67 Å². The monoisotopic (exact) mass is 610 g/mol. The van der Waals surface area contributed by atoms with Crippen molar-refractivity contribution in [1.29, 1.82) is 0 Å². The third-order valence-electron chi connectivity index (χ3n) is 8.62. The predicted octanol–water partition coefficient (Wildman–Crippen LogP) is 7.92. The van der Waals surface area contributed by atoms with Crippen molar-refractivity contribution in [3.8, 4) is 22.6 Å². The topological polar surface area (TPSA) is 75.8 Å². The van der Waals surface area contributed by atoms with Crippen LogP contribution in [0.5, 0.6) is 11.5 Å². The fourth-order valence-electron chi connectivity index (χ4n) is 6.43. The van der Waals surface area contributed by atoms with Crippen LogP contribution in [0.25, 0.3) is 22.3 Å². The third kappa shape index (κ3) is 6.52. The van der Waals surface area contributed by atoms with Gasteiger partial charge in [-0.15, -0.1) is 0 Å². The number of carbonyl (C=O) groups is 1. The molecule has 3 N–H and O–H groups in total. The zero-order valence-electron chi connectivity index (χ0n) is 24.6. The molecule has 4 aromatic rings.